The lowest BCUT2D eigenvalue weighted by Crippen LogP contribution is -2.58. The molecule has 0 fully saturated rings. The maximum atomic E-state index is 2.56. The van der Waals surface area contributed by atoms with Gasteiger partial charge in [-0.15, -0.1) is 0 Å². The molecule has 2 heterocycles. The Morgan fingerprint density at radius 1 is 0.462 bits per heavy atom. The van der Waals surface area contributed by atoms with Gasteiger partial charge in [0.05, 0.1) is 0 Å². The molecule has 0 bridgehead atoms. The molecule has 0 radical (unpaired) electrons. The number of benzene rings is 5. The van der Waals surface area contributed by atoms with E-state index in [4.69, 9.17) is 0 Å². The van der Waals surface area contributed by atoms with Gasteiger partial charge in [-0.1, -0.05) is 129 Å². The average molecular weight is 535 g/mol. The normalized spacial score (nSPS) is 17.4. The summed E-state index contributed by atoms with van der Waals surface area (Å²) in [5, 5.41) is 0. The highest BCUT2D eigenvalue weighted by atomic mass is 32.2. The Labute approximate surface area is 239 Å². The van der Waals surface area contributed by atoms with Gasteiger partial charge >= 0.3 is 0 Å². The van der Waals surface area contributed by atoms with E-state index in [0.717, 1.165) is 0 Å². The van der Waals surface area contributed by atoms with E-state index < -0.39 is 0 Å². The Hall–Kier alpha value is -3.14. The molecule has 2 aliphatic heterocycles. The van der Waals surface area contributed by atoms with Gasteiger partial charge in [-0.05, 0) is 74.2 Å². The second-order valence-corrected chi connectivity index (χ2v) is 14.7. The molecule has 0 nitrogen and oxygen atoms in total. The first-order valence-corrected chi connectivity index (χ1v) is 15.5. The molecule has 2 aliphatic carbocycles. The van der Waals surface area contributed by atoms with E-state index in [1.165, 1.54) is 80.5 Å². The Bertz CT molecular complexity index is 1790. The minimum atomic E-state index is 0.0140. The standard InChI is InChI=1S/C36H27BS2/c1-35(2)24-12-7-5-10-20(24)22-16-28-32(18-26(22)35)38-30-14-9-15-31-34(30)37(28)29-17-23-21-11-6-8-13-25(21)36(3,4)27(23)19-33(29)39-31/h5-19H,1-4H3. The third-order valence-electron chi connectivity index (χ3n) is 9.80. The highest BCUT2D eigenvalue weighted by Gasteiger charge is 2.44. The van der Waals surface area contributed by atoms with Crippen LogP contribution in [0.25, 0.3) is 22.3 Å². The highest BCUT2D eigenvalue weighted by molar-refractivity contribution is 8.01. The highest BCUT2D eigenvalue weighted by Crippen LogP contribution is 2.52. The van der Waals surface area contributed by atoms with Gasteiger partial charge in [0.15, 0.2) is 0 Å². The van der Waals surface area contributed by atoms with Gasteiger partial charge in [0.25, 0.3) is 0 Å². The van der Waals surface area contributed by atoms with Gasteiger partial charge < -0.3 is 0 Å². The van der Waals surface area contributed by atoms with E-state index >= 15 is 0 Å². The van der Waals surface area contributed by atoms with E-state index in [-0.39, 0.29) is 17.5 Å². The molecule has 0 N–H and O–H groups in total. The van der Waals surface area contributed by atoms with Gasteiger partial charge in [0, 0.05) is 30.4 Å². The number of fused-ring (bicyclic) bond motifs is 10. The minimum Gasteiger partial charge on any atom is -0.0911 e. The number of hydrogen-bond donors (Lipinski definition) is 0. The largest absolute Gasteiger partial charge is 0.247 e. The molecular formula is C36H27BS2. The first-order valence-electron chi connectivity index (χ1n) is 13.9. The van der Waals surface area contributed by atoms with Crippen molar-refractivity contribution in [3.63, 3.8) is 0 Å². The summed E-state index contributed by atoms with van der Waals surface area (Å²) in [6.45, 7) is 9.81. The predicted molar refractivity (Wildman–Crippen MR) is 167 cm³/mol. The molecule has 0 saturated heterocycles. The van der Waals surface area contributed by atoms with Crippen LogP contribution >= 0.6 is 23.5 Å². The third kappa shape index (κ3) is 2.76. The topological polar surface area (TPSA) is 0 Å². The summed E-state index contributed by atoms with van der Waals surface area (Å²) in [7, 11) is 0. The summed E-state index contributed by atoms with van der Waals surface area (Å²) in [5.41, 5.74) is 15.9. The monoisotopic (exact) mass is 534 g/mol. The van der Waals surface area contributed by atoms with Crippen LogP contribution in [0.3, 0.4) is 0 Å². The first kappa shape index (κ1) is 22.7. The SMILES string of the molecule is CC1(C)c2ccccc2-c2cc3c(cc21)Sc1cccc2c1B3c1cc3c(cc1S2)C(C)(C)c1ccccc1-3. The van der Waals surface area contributed by atoms with Crippen molar-refractivity contribution in [2.75, 3.05) is 0 Å². The molecule has 3 heteroatoms. The maximum Gasteiger partial charge on any atom is 0.247 e. The van der Waals surface area contributed by atoms with Crippen LogP contribution in [0.1, 0.15) is 49.9 Å². The van der Waals surface area contributed by atoms with Gasteiger partial charge in [0.1, 0.15) is 0 Å². The second-order valence-electron chi connectivity index (χ2n) is 12.5. The van der Waals surface area contributed by atoms with Crippen LogP contribution < -0.4 is 16.4 Å². The van der Waals surface area contributed by atoms with Crippen LogP contribution in [0.4, 0.5) is 0 Å². The quantitative estimate of drug-likeness (QED) is 0.183. The predicted octanol–water partition coefficient (Wildman–Crippen LogP) is 7.74. The molecule has 5 aromatic rings. The van der Waals surface area contributed by atoms with Crippen molar-refractivity contribution in [3.8, 4) is 22.3 Å². The molecule has 0 unspecified atom stereocenters. The zero-order valence-electron chi connectivity index (χ0n) is 22.6. The number of rotatable bonds is 0. The molecule has 0 saturated carbocycles. The summed E-state index contributed by atoms with van der Waals surface area (Å²) in [5.74, 6) is 0. The molecule has 5 aromatic carbocycles. The van der Waals surface area contributed by atoms with Crippen molar-refractivity contribution in [1.82, 2.24) is 0 Å². The van der Waals surface area contributed by atoms with Crippen LogP contribution in [0.15, 0.2) is 111 Å². The van der Waals surface area contributed by atoms with Crippen molar-refractivity contribution >= 4 is 46.6 Å². The lowest BCUT2D eigenvalue weighted by molar-refractivity contribution is 0.659. The van der Waals surface area contributed by atoms with Gasteiger partial charge in [-0.25, -0.2) is 0 Å². The van der Waals surface area contributed by atoms with Gasteiger partial charge in [-0.2, -0.15) is 0 Å². The Morgan fingerprint density at radius 2 is 0.923 bits per heavy atom. The van der Waals surface area contributed by atoms with E-state index in [2.05, 4.69) is 119 Å². The third-order valence-corrected chi connectivity index (χ3v) is 12.1. The lowest BCUT2D eigenvalue weighted by Gasteiger charge is -2.34. The average Bonchev–Trinajstić information content (AvgIpc) is 3.30. The van der Waals surface area contributed by atoms with Crippen LogP contribution in [0.5, 0.6) is 0 Å². The molecule has 0 aromatic heterocycles. The molecule has 39 heavy (non-hydrogen) atoms. The lowest BCUT2D eigenvalue weighted by atomic mass is 9.36. The number of hydrogen-bond acceptors (Lipinski definition) is 2. The first-order chi connectivity index (χ1) is 18.8. The van der Waals surface area contributed by atoms with Crippen LogP contribution in [0.2, 0.25) is 0 Å². The zero-order chi connectivity index (χ0) is 26.3. The van der Waals surface area contributed by atoms with E-state index in [1.54, 1.807) is 0 Å². The molecular weight excluding hydrogens is 507 g/mol. The molecule has 9 rings (SSSR count). The zero-order valence-corrected chi connectivity index (χ0v) is 24.2. The van der Waals surface area contributed by atoms with Crippen LogP contribution in [-0.4, -0.2) is 6.71 Å². The van der Waals surface area contributed by atoms with Crippen molar-refractivity contribution in [2.45, 2.75) is 58.1 Å². The molecule has 0 amide bonds. The molecule has 0 spiro atoms. The van der Waals surface area contributed by atoms with Gasteiger partial charge in [-0.3, -0.25) is 0 Å². The fraction of sp³-hybridized carbons (Fsp3) is 0.167. The second kappa shape index (κ2) is 7.33. The fourth-order valence-electron chi connectivity index (χ4n) is 7.82. The summed E-state index contributed by atoms with van der Waals surface area (Å²) in [6.07, 6.45) is 0. The Morgan fingerprint density at radius 3 is 1.41 bits per heavy atom. The maximum absolute atomic E-state index is 2.56. The van der Waals surface area contributed by atoms with Gasteiger partial charge in [0.2, 0.25) is 6.71 Å². The Balaban J connectivity index is 1.33. The van der Waals surface area contributed by atoms with Crippen molar-refractivity contribution in [1.29, 1.82) is 0 Å². The Kier molecular flexibility index (Phi) is 4.26. The van der Waals surface area contributed by atoms with Crippen LogP contribution in [-0.2, 0) is 10.8 Å². The van der Waals surface area contributed by atoms with Crippen molar-refractivity contribution in [2.24, 2.45) is 0 Å². The smallest absolute Gasteiger partial charge is 0.0911 e. The van der Waals surface area contributed by atoms with E-state index in [0.29, 0.717) is 0 Å². The molecule has 186 valence electrons. The summed E-state index contributed by atoms with van der Waals surface area (Å²) < 4.78 is 0. The minimum absolute atomic E-state index is 0.0140. The van der Waals surface area contributed by atoms with Crippen molar-refractivity contribution in [3.05, 3.63) is 113 Å². The summed E-state index contributed by atoms with van der Waals surface area (Å²) >= 11 is 3.94. The van der Waals surface area contributed by atoms with E-state index in [1.807, 2.05) is 23.5 Å². The summed E-state index contributed by atoms with van der Waals surface area (Å²) in [6, 6.07) is 35.2. The summed E-state index contributed by atoms with van der Waals surface area (Å²) in [4.78, 5) is 5.67. The fourth-order valence-corrected chi connectivity index (χ4v) is 10.3. The van der Waals surface area contributed by atoms with Crippen LogP contribution in [0, 0.1) is 0 Å². The van der Waals surface area contributed by atoms with E-state index in [9.17, 15) is 0 Å². The van der Waals surface area contributed by atoms with Crippen molar-refractivity contribution < 1.29 is 0 Å². The molecule has 0 atom stereocenters. The molecule has 4 aliphatic rings.